The lowest BCUT2D eigenvalue weighted by atomic mass is 10.1. The van der Waals surface area contributed by atoms with Gasteiger partial charge in [0, 0.05) is 37.4 Å². The normalized spacial score (nSPS) is 20.3. The number of carbonyl (C=O) groups is 2. The Morgan fingerprint density at radius 2 is 1.73 bits per heavy atom. The average molecular weight is 454 g/mol. The van der Waals surface area contributed by atoms with Gasteiger partial charge in [0.2, 0.25) is 5.91 Å². The van der Waals surface area contributed by atoms with Gasteiger partial charge in [0.15, 0.2) is 6.29 Å². The molecule has 0 bridgehead atoms. The number of aliphatic hydroxyl groups is 1. The highest BCUT2D eigenvalue weighted by Crippen LogP contribution is 2.21. The van der Waals surface area contributed by atoms with Crippen molar-refractivity contribution in [3.63, 3.8) is 0 Å². The Morgan fingerprint density at radius 3 is 2.42 bits per heavy atom. The van der Waals surface area contributed by atoms with Crippen LogP contribution in [0.25, 0.3) is 0 Å². The van der Waals surface area contributed by atoms with E-state index in [9.17, 15) is 14.7 Å². The fraction of sp³-hybridized carbons (Fsp3) is 0.462. The third kappa shape index (κ3) is 6.63. The van der Waals surface area contributed by atoms with Crippen LogP contribution in [0.1, 0.15) is 35.3 Å². The highest BCUT2D eigenvalue weighted by atomic mass is 16.5. The van der Waals surface area contributed by atoms with E-state index >= 15 is 0 Å². The van der Waals surface area contributed by atoms with Gasteiger partial charge in [-0.1, -0.05) is 30.3 Å². The summed E-state index contributed by atoms with van der Waals surface area (Å²) in [5, 5.41) is 13.6. The van der Waals surface area contributed by atoms with Crippen molar-refractivity contribution in [1.82, 2.24) is 9.80 Å². The van der Waals surface area contributed by atoms with Crippen LogP contribution in [-0.4, -0.2) is 78.1 Å². The van der Waals surface area contributed by atoms with Crippen LogP contribution in [0.2, 0.25) is 0 Å². The molecule has 178 valence electrons. The number of benzene rings is 2. The van der Waals surface area contributed by atoms with E-state index in [1.54, 1.807) is 24.3 Å². The summed E-state index contributed by atoms with van der Waals surface area (Å²) in [6.07, 6.45) is 0.0691. The SMILES string of the molecule is Cc1cccc(C)c1NC(=O)CN1C[C@H](C)N(CC(O)COc2ccccc2C=O)C[C@H]1C. The fourth-order valence-corrected chi connectivity index (χ4v) is 4.34. The average Bonchev–Trinajstić information content (AvgIpc) is 2.78. The third-order valence-electron chi connectivity index (χ3n) is 6.26. The monoisotopic (exact) mass is 453 g/mol. The smallest absolute Gasteiger partial charge is 0.238 e. The molecule has 1 saturated heterocycles. The maximum Gasteiger partial charge on any atom is 0.238 e. The molecule has 0 aliphatic carbocycles. The summed E-state index contributed by atoms with van der Waals surface area (Å²) in [5.41, 5.74) is 3.48. The van der Waals surface area contributed by atoms with Crippen LogP contribution in [0.5, 0.6) is 5.75 Å². The molecule has 1 heterocycles. The van der Waals surface area contributed by atoms with Crippen molar-refractivity contribution in [2.24, 2.45) is 0 Å². The minimum absolute atomic E-state index is 0.0119. The largest absolute Gasteiger partial charge is 0.490 e. The maximum atomic E-state index is 12.7. The molecule has 1 amide bonds. The van der Waals surface area contributed by atoms with E-state index in [4.69, 9.17) is 4.74 Å². The Kier molecular flexibility index (Phi) is 8.61. The molecule has 2 aromatic rings. The summed E-state index contributed by atoms with van der Waals surface area (Å²) in [6, 6.07) is 13.3. The number of nitrogens with zero attached hydrogens (tertiary/aromatic N) is 2. The van der Waals surface area contributed by atoms with E-state index in [1.807, 2.05) is 32.0 Å². The first-order valence-corrected chi connectivity index (χ1v) is 11.5. The Bertz CT molecular complexity index is 944. The molecule has 2 aromatic carbocycles. The molecule has 0 radical (unpaired) electrons. The first-order chi connectivity index (χ1) is 15.8. The van der Waals surface area contributed by atoms with Crippen molar-refractivity contribution in [3.8, 4) is 5.75 Å². The lowest BCUT2D eigenvalue weighted by Gasteiger charge is -2.44. The van der Waals surface area contributed by atoms with Gasteiger partial charge in [0.05, 0.1) is 12.1 Å². The number of piperazine rings is 1. The summed E-state index contributed by atoms with van der Waals surface area (Å²) in [5.74, 6) is 0.467. The van der Waals surface area contributed by atoms with Gasteiger partial charge in [-0.2, -0.15) is 0 Å². The molecule has 0 aromatic heterocycles. The van der Waals surface area contributed by atoms with Crippen molar-refractivity contribution >= 4 is 17.9 Å². The highest BCUT2D eigenvalue weighted by Gasteiger charge is 2.31. The van der Waals surface area contributed by atoms with E-state index in [0.29, 0.717) is 24.4 Å². The van der Waals surface area contributed by atoms with Gasteiger partial charge in [0.25, 0.3) is 0 Å². The number of aldehydes is 1. The van der Waals surface area contributed by atoms with E-state index < -0.39 is 6.10 Å². The van der Waals surface area contributed by atoms with Crippen molar-refractivity contribution in [1.29, 1.82) is 0 Å². The van der Waals surface area contributed by atoms with Gasteiger partial charge in [-0.25, -0.2) is 0 Å². The maximum absolute atomic E-state index is 12.7. The number of hydrogen-bond acceptors (Lipinski definition) is 6. The zero-order valence-corrected chi connectivity index (χ0v) is 20.0. The lowest BCUT2D eigenvalue weighted by Crippen LogP contribution is -2.59. The number of carbonyl (C=O) groups excluding carboxylic acids is 2. The van der Waals surface area contributed by atoms with Crippen LogP contribution in [0, 0.1) is 13.8 Å². The number of aliphatic hydroxyl groups excluding tert-OH is 1. The molecule has 1 unspecified atom stereocenters. The molecule has 7 nitrogen and oxygen atoms in total. The van der Waals surface area contributed by atoms with Gasteiger partial charge in [-0.05, 0) is 51.0 Å². The number of aryl methyl sites for hydroxylation is 2. The zero-order chi connectivity index (χ0) is 24.0. The van der Waals surface area contributed by atoms with Crippen LogP contribution >= 0.6 is 0 Å². The van der Waals surface area contributed by atoms with Crippen LogP contribution < -0.4 is 10.1 Å². The van der Waals surface area contributed by atoms with Crippen molar-refractivity contribution < 1.29 is 19.4 Å². The molecule has 33 heavy (non-hydrogen) atoms. The standard InChI is InChI=1S/C26H35N3O4/c1-18-8-7-9-19(2)26(18)27-25(32)15-29-13-20(3)28(12-21(29)4)14-23(31)17-33-24-11-6-5-10-22(24)16-30/h5-11,16,20-21,23,31H,12-15,17H2,1-4H3,(H,27,32)/t20-,21+,23?/m0/s1. The van der Waals surface area contributed by atoms with Crippen molar-refractivity contribution in [2.75, 3.05) is 38.1 Å². The first-order valence-electron chi connectivity index (χ1n) is 11.5. The Labute approximate surface area is 196 Å². The van der Waals surface area contributed by atoms with E-state index in [1.165, 1.54) is 0 Å². The topological polar surface area (TPSA) is 82.1 Å². The summed E-state index contributed by atoms with van der Waals surface area (Å²) in [4.78, 5) is 28.3. The van der Waals surface area contributed by atoms with E-state index in [2.05, 4.69) is 29.0 Å². The van der Waals surface area contributed by atoms with Gasteiger partial charge >= 0.3 is 0 Å². The molecule has 3 rings (SSSR count). The van der Waals surface area contributed by atoms with Crippen LogP contribution in [0.15, 0.2) is 42.5 Å². The zero-order valence-electron chi connectivity index (χ0n) is 20.0. The van der Waals surface area contributed by atoms with Gasteiger partial charge in [0.1, 0.15) is 18.5 Å². The summed E-state index contributed by atoms with van der Waals surface area (Å²) in [7, 11) is 0. The summed E-state index contributed by atoms with van der Waals surface area (Å²) in [6.45, 7) is 10.6. The third-order valence-corrected chi connectivity index (χ3v) is 6.26. The number of β-amino-alcohol motifs (C(OH)–C–C–N with tert-alkyl or cyclic N) is 1. The fourth-order valence-electron chi connectivity index (χ4n) is 4.34. The lowest BCUT2D eigenvalue weighted by molar-refractivity contribution is -0.119. The molecular formula is C26H35N3O4. The molecule has 0 saturated carbocycles. The second-order valence-corrected chi connectivity index (χ2v) is 9.02. The van der Waals surface area contributed by atoms with Crippen LogP contribution in [0.4, 0.5) is 5.69 Å². The van der Waals surface area contributed by atoms with Crippen LogP contribution in [0.3, 0.4) is 0 Å². The summed E-state index contributed by atoms with van der Waals surface area (Å²) >= 11 is 0. The highest BCUT2D eigenvalue weighted by molar-refractivity contribution is 5.93. The van der Waals surface area contributed by atoms with Crippen LogP contribution in [-0.2, 0) is 4.79 Å². The second-order valence-electron chi connectivity index (χ2n) is 9.02. The number of anilines is 1. The van der Waals surface area contributed by atoms with E-state index in [0.717, 1.165) is 36.2 Å². The second kappa shape index (κ2) is 11.4. The Hall–Kier alpha value is -2.74. The molecule has 2 N–H and O–H groups in total. The Morgan fingerprint density at radius 1 is 1.09 bits per heavy atom. The number of ether oxygens (including phenoxy) is 1. The van der Waals surface area contributed by atoms with Crippen molar-refractivity contribution in [3.05, 3.63) is 59.2 Å². The quantitative estimate of drug-likeness (QED) is 0.568. The van der Waals surface area contributed by atoms with Gasteiger partial charge < -0.3 is 15.2 Å². The number of rotatable bonds is 9. The van der Waals surface area contributed by atoms with Crippen molar-refractivity contribution in [2.45, 2.75) is 45.9 Å². The predicted molar refractivity (Wildman–Crippen MR) is 130 cm³/mol. The minimum Gasteiger partial charge on any atom is -0.490 e. The molecule has 1 fully saturated rings. The Balaban J connectivity index is 1.49. The first kappa shape index (κ1) is 24.9. The molecule has 0 spiro atoms. The number of hydrogen-bond donors (Lipinski definition) is 2. The number of amides is 1. The van der Waals surface area contributed by atoms with E-state index in [-0.39, 0.29) is 24.6 Å². The molecule has 3 atom stereocenters. The van der Waals surface area contributed by atoms with Gasteiger partial charge in [-0.3, -0.25) is 19.4 Å². The number of para-hydroxylation sites is 2. The molecule has 7 heteroatoms. The number of nitrogens with one attached hydrogen (secondary N) is 1. The molecular weight excluding hydrogens is 418 g/mol. The molecule has 1 aliphatic heterocycles. The minimum atomic E-state index is -0.682. The summed E-state index contributed by atoms with van der Waals surface area (Å²) < 4.78 is 5.67. The predicted octanol–water partition coefficient (Wildman–Crippen LogP) is 2.89. The molecule has 1 aliphatic rings. The van der Waals surface area contributed by atoms with Gasteiger partial charge in [-0.15, -0.1) is 0 Å².